The molecule has 18 heteroatoms. The van der Waals surface area contributed by atoms with Crippen molar-refractivity contribution in [3.63, 3.8) is 0 Å². The van der Waals surface area contributed by atoms with Gasteiger partial charge in [-0.1, -0.05) is 410 Å². The molecule has 5 atom stereocenters. The highest BCUT2D eigenvalue weighted by Crippen LogP contribution is 2.45. The summed E-state index contributed by atoms with van der Waals surface area (Å²) in [4.78, 5) is 59.0. The van der Waals surface area contributed by atoms with Crippen LogP contribution in [0.25, 0.3) is 0 Å². The number of ether oxygens (including phenoxy) is 3. The Kier molecular flexibility index (Phi) is 90.5. The van der Waals surface area contributed by atoms with Crippen molar-refractivity contribution < 1.29 is 75.8 Å². The average Bonchev–Trinajstić information content (AvgIpc) is 0.896. The molecular weight excluding hydrogens is 1560 g/mol. The quantitative estimate of drug-likeness (QED) is 0.0146. The largest absolute Gasteiger partial charge is 0.472 e. The van der Waals surface area contributed by atoms with E-state index >= 15 is 0 Å². The van der Waals surface area contributed by atoms with Crippen LogP contribution in [-0.2, 0) is 55.8 Å². The van der Waals surface area contributed by atoms with Gasteiger partial charge in [-0.15, -0.1) is 0 Å². The number of carbonyl (C=O) groups is 3. The van der Waals surface area contributed by atoms with Gasteiger partial charge in [0.15, 0.2) is 6.10 Å². The van der Waals surface area contributed by atoms with Gasteiger partial charge in [0.2, 0.25) is 0 Å². The number of phosphoric ester groups is 2. The maximum absolute atomic E-state index is 13.0. The second kappa shape index (κ2) is 94.3. The van der Waals surface area contributed by atoms with Crippen molar-refractivity contribution >= 4 is 33.6 Å². The van der Waals surface area contributed by atoms with Crippen LogP contribution < -0.4 is 0 Å². The maximum Gasteiger partial charge on any atom is 0.472 e. The molecule has 0 spiro atoms. The summed E-state index contributed by atoms with van der Waals surface area (Å²) in [6, 6.07) is 0. The summed E-state index contributed by atoms with van der Waals surface area (Å²) in [6.45, 7) is 2.46. The van der Waals surface area contributed by atoms with E-state index < -0.39 is 91.5 Å². The molecule has 0 aromatic rings. The van der Waals surface area contributed by atoms with E-state index in [4.69, 9.17) is 32.3 Å². The predicted molar refractivity (Wildman–Crippen MR) is 509 cm³/mol. The van der Waals surface area contributed by atoms with Crippen LogP contribution in [0.5, 0.6) is 0 Å². The number of aliphatic hydroxyl groups excluding tert-OH is 2. The van der Waals surface area contributed by atoms with Gasteiger partial charge in [-0.3, -0.25) is 32.5 Å². The lowest BCUT2D eigenvalue weighted by molar-refractivity contribution is -0.161. The molecule has 0 aliphatic carbocycles. The fraction of sp³-hybridized carbons (Fsp3) is 0.718. The van der Waals surface area contributed by atoms with Crippen LogP contribution in [-0.4, -0.2) is 95.9 Å². The fourth-order valence-electron chi connectivity index (χ4n) is 13.4. The van der Waals surface area contributed by atoms with Gasteiger partial charge in [0, 0.05) is 19.3 Å². The van der Waals surface area contributed by atoms with E-state index in [1.807, 2.05) is 0 Å². The van der Waals surface area contributed by atoms with E-state index in [9.17, 15) is 43.5 Å². The minimum atomic E-state index is -4.95. The van der Waals surface area contributed by atoms with Crippen LogP contribution in [0, 0.1) is 0 Å². The van der Waals surface area contributed by atoms with Gasteiger partial charge >= 0.3 is 33.6 Å². The van der Waals surface area contributed by atoms with Gasteiger partial charge in [-0.2, -0.15) is 0 Å². The van der Waals surface area contributed by atoms with E-state index in [0.29, 0.717) is 19.3 Å². The Morgan fingerprint density at radius 1 is 0.240 bits per heavy atom. The Morgan fingerprint density at radius 2 is 0.438 bits per heavy atom. The second-order valence-electron chi connectivity index (χ2n) is 32.5. The standard InChI is InChI=1S/C103H178O16P2/c1-4-7-10-13-16-19-22-25-28-31-33-35-37-39-41-43-45-47-48-50-52-53-55-57-59-61-63-66-68-71-74-77-80-83-86-89-101(106)113-92-98(104)93-115-120(109,110)116-94-99(105)95-117-121(111,112)118-97-100(119-103(108)91-88-85-82-79-76-73-70-65-30-27-24-21-18-15-12-9-6-3)96-114-102(107)90-87-84-81-78-75-72-69-67-64-62-60-58-56-54-51-49-46-44-42-40-38-36-34-32-29-26-23-20-17-14-11-8-5-2/h7,9-10,12,16-21,25-30,33-36,39-42,70,73,98-100,104-105H,4-6,8,11,13-15,22-24,31-32,37-38,43-69,71-72,74-97H2,1-3H3,(H,109,110)(H,111,112)/b10-7-,12-9-,19-16-,20-17-,21-18-,28-25-,29-26-,30-27-,35-33-,36-34-,41-39-,42-40-,73-70-. The molecule has 0 bridgehead atoms. The van der Waals surface area contributed by atoms with E-state index in [2.05, 4.69) is 179 Å². The number of hydrogen-bond acceptors (Lipinski definition) is 14. The molecule has 0 rings (SSSR count). The zero-order valence-electron chi connectivity index (χ0n) is 76.9. The Bertz CT molecular complexity index is 2830. The number of aliphatic hydroxyl groups is 2. The molecule has 0 aromatic carbocycles. The van der Waals surface area contributed by atoms with Crippen LogP contribution >= 0.6 is 15.6 Å². The molecule has 16 nitrogen and oxygen atoms in total. The lowest BCUT2D eigenvalue weighted by atomic mass is 10.0. The third-order valence-electron chi connectivity index (χ3n) is 20.7. The highest BCUT2D eigenvalue weighted by molar-refractivity contribution is 7.47. The molecule has 0 amide bonds. The van der Waals surface area contributed by atoms with Gasteiger partial charge in [0.25, 0.3) is 0 Å². The lowest BCUT2D eigenvalue weighted by Crippen LogP contribution is -2.30. The summed E-state index contributed by atoms with van der Waals surface area (Å²) in [5.74, 6) is -1.59. The summed E-state index contributed by atoms with van der Waals surface area (Å²) in [6.07, 6.45) is 122. The number of unbranched alkanes of at least 4 members (excludes halogenated alkanes) is 43. The number of phosphoric acid groups is 2. The second-order valence-corrected chi connectivity index (χ2v) is 35.4. The molecule has 0 radical (unpaired) electrons. The number of esters is 3. The van der Waals surface area contributed by atoms with Crippen molar-refractivity contribution in [3.05, 3.63) is 158 Å². The molecule has 0 aliphatic heterocycles. The monoisotopic (exact) mass is 1730 g/mol. The number of hydrogen-bond donors (Lipinski definition) is 4. The van der Waals surface area contributed by atoms with Gasteiger partial charge in [-0.05, 0) is 148 Å². The van der Waals surface area contributed by atoms with E-state index in [1.165, 1.54) is 218 Å². The van der Waals surface area contributed by atoms with Crippen LogP contribution in [0.3, 0.4) is 0 Å². The Labute approximate surface area is 740 Å². The van der Waals surface area contributed by atoms with E-state index in [0.717, 1.165) is 141 Å². The molecule has 696 valence electrons. The fourth-order valence-corrected chi connectivity index (χ4v) is 15.0. The van der Waals surface area contributed by atoms with Crippen molar-refractivity contribution in [1.29, 1.82) is 0 Å². The first-order valence-electron chi connectivity index (χ1n) is 48.8. The summed E-state index contributed by atoms with van der Waals surface area (Å²) >= 11 is 0. The number of rotatable bonds is 92. The lowest BCUT2D eigenvalue weighted by Gasteiger charge is -2.21. The molecule has 0 heterocycles. The van der Waals surface area contributed by atoms with Crippen LogP contribution in [0.1, 0.15) is 419 Å². The Hall–Kier alpha value is -4.83. The van der Waals surface area contributed by atoms with Crippen molar-refractivity contribution in [2.45, 2.75) is 437 Å². The van der Waals surface area contributed by atoms with Crippen molar-refractivity contribution in [2.75, 3.05) is 39.6 Å². The molecule has 0 fully saturated rings. The third-order valence-corrected chi connectivity index (χ3v) is 22.6. The predicted octanol–water partition coefficient (Wildman–Crippen LogP) is 30.5. The molecule has 121 heavy (non-hydrogen) atoms. The summed E-state index contributed by atoms with van der Waals surface area (Å²) in [7, 11) is -9.82. The first-order chi connectivity index (χ1) is 59.2. The molecule has 0 saturated heterocycles. The van der Waals surface area contributed by atoms with Crippen molar-refractivity contribution in [3.8, 4) is 0 Å². The first kappa shape index (κ1) is 116. The average molecular weight is 1730 g/mol. The molecule has 0 aromatic heterocycles. The van der Waals surface area contributed by atoms with Crippen molar-refractivity contribution in [2.24, 2.45) is 0 Å². The van der Waals surface area contributed by atoms with E-state index in [1.54, 1.807) is 0 Å². The summed E-state index contributed by atoms with van der Waals surface area (Å²) in [5.41, 5.74) is 0. The van der Waals surface area contributed by atoms with Gasteiger partial charge in [0.05, 0.1) is 26.4 Å². The highest BCUT2D eigenvalue weighted by atomic mass is 31.2. The molecule has 5 unspecified atom stereocenters. The van der Waals surface area contributed by atoms with Crippen LogP contribution in [0.4, 0.5) is 0 Å². The SMILES string of the molecule is CC/C=C\C/C=C\C/C=C\C/C=C\C/C=C\CCCCCCCCCCCCCCCCCCCCCC(=O)OCC(O)COP(=O)(O)OCC(O)COP(=O)(O)OCC(COC(=O)CCCCCCCCCCCCCCCCCCC/C=C\C/C=C\C/C=C\C/C=C\CCCCC)OC(=O)CCCCCC/C=C\C/C=C\C/C=C\C/C=C\CC. The maximum atomic E-state index is 13.0. The minimum absolute atomic E-state index is 0.0753. The highest BCUT2D eigenvalue weighted by Gasteiger charge is 2.30. The molecular formula is C103H178O16P2. The minimum Gasteiger partial charge on any atom is -0.463 e. The number of carbonyl (C=O) groups excluding carboxylic acids is 3. The number of allylic oxidation sites excluding steroid dienone is 26. The summed E-state index contributed by atoms with van der Waals surface area (Å²) < 4.78 is 61.5. The van der Waals surface area contributed by atoms with Crippen LogP contribution in [0.2, 0.25) is 0 Å². The van der Waals surface area contributed by atoms with Gasteiger partial charge in [0.1, 0.15) is 25.4 Å². The molecule has 4 N–H and O–H groups in total. The van der Waals surface area contributed by atoms with Crippen LogP contribution in [0.15, 0.2) is 158 Å². The van der Waals surface area contributed by atoms with E-state index in [-0.39, 0.29) is 19.3 Å². The Morgan fingerprint density at radius 3 is 0.694 bits per heavy atom. The zero-order chi connectivity index (χ0) is 87.9. The molecule has 0 saturated carbocycles. The third kappa shape index (κ3) is 95.7. The smallest absolute Gasteiger partial charge is 0.463 e. The first-order valence-corrected chi connectivity index (χ1v) is 51.8. The van der Waals surface area contributed by atoms with Gasteiger partial charge < -0.3 is 34.2 Å². The Balaban J connectivity index is 4.45. The van der Waals surface area contributed by atoms with Crippen molar-refractivity contribution in [1.82, 2.24) is 0 Å². The topological polar surface area (TPSA) is 231 Å². The molecule has 0 aliphatic rings. The van der Waals surface area contributed by atoms with Gasteiger partial charge in [-0.25, -0.2) is 9.13 Å². The zero-order valence-corrected chi connectivity index (χ0v) is 78.7. The summed E-state index contributed by atoms with van der Waals surface area (Å²) in [5, 5.41) is 20.7. The normalized spacial score (nSPS) is 14.4.